The molecule has 0 N–H and O–H groups in total. The zero-order valence-corrected chi connectivity index (χ0v) is 15.9. The summed E-state index contributed by atoms with van der Waals surface area (Å²) in [4.78, 5) is 14.3. The summed E-state index contributed by atoms with van der Waals surface area (Å²) in [5, 5.41) is -0.519. The minimum Gasteiger partial charge on any atom is -0.497 e. The van der Waals surface area contributed by atoms with Crippen LogP contribution in [0.15, 0.2) is 24.3 Å². The topological polar surface area (TPSA) is 76.2 Å². The Balaban J connectivity index is 1.62. The molecule has 0 bridgehead atoms. The number of carbonyl (C=O) groups excluding carboxylic acids is 1. The first kappa shape index (κ1) is 19.1. The molecule has 2 fully saturated rings. The van der Waals surface area contributed by atoms with E-state index in [4.69, 9.17) is 9.47 Å². The smallest absolute Gasteiger partial charge is 0.227 e. The molecule has 144 valence electrons. The highest BCUT2D eigenvalue weighted by molar-refractivity contribution is 7.89. The Bertz CT molecular complexity index is 714. The molecule has 1 atom stereocenters. The molecule has 0 radical (unpaired) electrons. The number of sulfonamides is 1. The molecule has 2 heterocycles. The second kappa shape index (κ2) is 8.37. The molecule has 2 aliphatic rings. The van der Waals surface area contributed by atoms with Crippen molar-refractivity contribution < 1.29 is 22.7 Å². The molecular weight excluding hydrogens is 356 g/mol. The second-order valence-electron chi connectivity index (χ2n) is 6.69. The number of rotatable bonds is 5. The highest BCUT2D eigenvalue weighted by Crippen LogP contribution is 2.22. The zero-order valence-electron chi connectivity index (χ0n) is 15.1. The van der Waals surface area contributed by atoms with Gasteiger partial charge in [-0.25, -0.2) is 8.42 Å². The van der Waals surface area contributed by atoms with Crippen LogP contribution in [-0.2, 0) is 26.0 Å². The van der Waals surface area contributed by atoms with E-state index in [0.717, 1.165) is 11.3 Å². The third kappa shape index (κ3) is 4.36. The molecule has 1 amide bonds. The number of ether oxygens (including phenoxy) is 2. The fourth-order valence-electron chi connectivity index (χ4n) is 3.45. The van der Waals surface area contributed by atoms with Gasteiger partial charge in [-0.1, -0.05) is 12.1 Å². The molecule has 1 aromatic carbocycles. The van der Waals surface area contributed by atoms with Gasteiger partial charge in [0.1, 0.15) is 5.75 Å². The summed E-state index contributed by atoms with van der Waals surface area (Å²) in [5.41, 5.74) is 0.897. The lowest BCUT2D eigenvalue weighted by atomic mass is 10.1. The van der Waals surface area contributed by atoms with Crippen molar-refractivity contribution in [3.63, 3.8) is 0 Å². The van der Waals surface area contributed by atoms with Crippen molar-refractivity contribution in [2.24, 2.45) is 0 Å². The van der Waals surface area contributed by atoms with Crippen molar-refractivity contribution in [1.29, 1.82) is 0 Å². The predicted octanol–water partition coefficient (Wildman–Crippen LogP) is 0.891. The number of likely N-dealkylation sites (tertiary alicyclic amines) is 1. The molecule has 0 aliphatic carbocycles. The Labute approximate surface area is 154 Å². The standard InChI is InChI=1S/C18H26N2O5S/c1-24-16-6-4-15(5-7-16)13-18(21)19-8-2-3-17(14-19)26(22,23)20-9-11-25-12-10-20/h4-7,17H,2-3,8-14H2,1H3/t17-/m0/s1. The molecule has 0 unspecified atom stereocenters. The second-order valence-corrected chi connectivity index (χ2v) is 8.90. The minimum absolute atomic E-state index is 0.0305. The maximum absolute atomic E-state index is 12.9. The van der Waals surface area contributed by atoms with E-state index < -0.39 is 15.3 Å². The highest BCUT2D eigenvalue weighted by atomic mass is 32.2. The van der Waals surface area contributed by atoms with Crippen LogP contribution in [0.4, 0.5) is 0 Å². The first-order valence-corrected chi connectivity index (χ1v) is 10.5. The summed E-state index contributed by atoms with van der Waals surface area (Å²) in [6.07, 6.45) is 1.59. The highest BCUT2D eigenvalue weighted by Gasteiger charge is 2.37. The molecule has 7 nitrogen and oxygen atoms in total. The van der Waals surface area contributed by atoms with E-state index in [1.165, 1.54) is 4.31 Å². The van der Waals surface area contributed by atoms with Gasteiger partial charge in [0.05, 0.1) is 32.0 Å². The molecule has 0 spiro atoms. The van der Waals surface area contributed by atoms with Crippen LogP contribution in [0.25, 0.3) is 0 Å². The molecule has 26 heavy (non-hydrogen) atoms. The van der Waals surface area contributed by atoms with Gasteiger partial charge in [-0.2, -0.15) is 4.31 Å². The average Bonchev–Trinajstić information content (AvgIpc) is 2.69. The Kier molecular flexibility index (Phi) is 6.16. The summed E-state index contributed by atoms with van der Waals surface area (Å²) in [6.45, 7) is 2.56. The van der Waals surface area contributed by atoms with Crippen LogP contribution in [-0.4, -0.2) is 75.3 Å². The summed E-state index contributed by atoms with van der Waals surface area (Å²) in [7, 11) is -1.79. The van der Waals surface area contributed by atoms with Gasteiger partial charge in [0.15, 0.2) is 0 Å². The van der Waals surface area contributed by atoms with E-state index >= 15 is 0 Å². The van der Waals surface area contributed by atoms with E-state index in [1.807, 2.05) is 24.3 Å². The Morgan fingerprint density at radius 2 is 1.88 bits per heavy atom. The van der Waals surface area contributed by atoms with Crippen LogP contribution in [0.5, 0.6) is 5.75 Å². The van der Waals surface area contributed by atoms with Crippen LogP contribution in [0.3, 0.4) is 0 Å². The van der Waals surface area contributed by atoms with Gasteiger partial charge in [0.2, 0.25) is 15.9 Å². The quantitative estimate of drug-likeness (QED) is 0.756. The van der Waals surface area contributed by atoms with Gasteiger partial charge in [0.25, 0.3) is 0 Å². The van der Waals surface area contributed by atoms with Crippen molar-refractivity contribution in [2.75, 3.05) is 46.5 Å². The van der Waals surface area contributed by atoms with Crippen LogP contribution >= 0.6 is 0 Å². The number of carbonyl (C=O) groups is 1. The maximum Gasteiger partial charge on any atom is 0.227 e. The normalized spacial score (nSPS) is 22.2. The molecule has 2 saturated heterocycles. The first-order chi connectivity index (χ1) is 12.5. The predicted molar refractivity (Wildman–Crippen MR) is 97.6 cm³/mol. The lowest BCUT2D eigenvalue weighted by molar-refractivity contribution is -0.131. The van der Waals surface area contributed by atoms with Crippen molar-refractivity contribution in [2.45, 2.75) is 24.5 Å². The number of methoxy groups -OCH3 is 1. The minimum atomic E-state index is -3.39. The third-order valence-corrected chi connectivity index (χ3v) is 7.31. The zero-order chi connectivity index (χ0) is 18.6. The molecule has 8 heteroatoms. The Hall–Kier alpha value is -1.64. The molecule has 3 rings (SSSR count). The molecule has 2 aliphatic heterocycles. The van der Waals surface area contributed by atoms with Gasteiger partial charge < -0.3 is 14.4 Å². The third-order valence-electron chi connectivity index (χ3n) is 5.00. The van der Waals surface area contributed by atoms with E-state index in [1.54, 1.807) is 12.0 Å². The first-order valence-electron chi connectivity index (χ1n) is 8.98. The van der Waals surface area contributed by atoms with Gasteiger partial charge in [-0.05, 0) is 30.5 Å². The van der Waals surface area contributed by atoms with E-state index in [2.05, 4.69) is 0 Å². The summed E-state index contributed by atoms with van der Waals surface area (Å²) < 4.78 is 37.6. The maximum atomic E-state index is 12.9. The molecule has 0 aromatic heterocycles. The lowest BCUT2D eigenvalue weighted by Crippen LogP contribution is -2.52. The number of amides is 1. The van der Waals surface area contributed by atoms with Crippen LogP contribution in [0.1, 0.15) is 18.4 Å². The number of hydrogen-bond donors (Lipinski definition) is 0. The van der Waals surface area contributed by atoms with Crippen molar-refractivity contribution in [3.05, 3.63) is 29.8 Å². The number of nitrogens with zero attached hydrogens (tertiary/aromatic N) is 2. The fourth-order valence-corrected chi connectivity index (χ4v) is 5.36. The molecule has 1 aromatic rings. The van der Waals surface area contributed by atoms with Crippen molar-refractivity contribution in [1.82, 2.24) is 9.21 Å². The van der Waals surface area contributed by atoms with Crippen LogP contribution in [0, 0.1) is 0 Å². The largest absolute Gasteiger partial charge is 0.497 e. The fraction of sp³-hybridized carbons (Fsp3) is 0.611. The summed E-state index contributed by atoms with van der Waals surface area (Å²) >= 11 is 0. The van der Waals surface area contributed by atoms with E-state index in [0.29, 0.717) is 45.7 Å². The monoisotopic (exact) mass is 382 g/mol. The van der Waals surface area contributed by atoms with Crippen LogP contribution in [0.2, 0.25) is 0 Å². The van der Waals surface area contributed by atoms with Gasteiger partial charge in [0, 0.05) is 26.2 Å². The summed E-state index contributed by atoms with van der Waals surface area (Å²) in [5.74, 6) is 0.716. The number of piperidine rings is 1. The number of benzene rings is 1. The average molecular weight is 382 g/mol. The van der Waals surface area contributed by atoms with Crippen LogP contribution < -0.4 is 4.74 Å². The van der Waals surface area contributed by atoms with E-state index in [9.17, 15) is 13.2 Å². The van der Waals surface area contributed by atoms with E-state index in [-0.39, 0.29) is 18.9 Å². The van der Waals surface area contributed by atoms with Gasteiger partial charge in [-0.3, -0.25) is 4.79 Å². The number of hydrogen-bond acceptors (Lipinski definition) is 5. The molecule has 0 saturated carbocycles. The lowest BCUT2D eigenvalue weighted by Gasteiger charge is -2.36. The van der Waals surface area contributed by atoms with Crippen molar-refractivity contribution in [3.8, 4) is 5.75 Å². The van der Waals surface area contributed by atoms with Crippen molar-refractivity contribution >= 4 is 15.9 Å². The SMILES string of the molecule is COc1ccc(CC(=O)N2CCC[C@H](S(=O)(=O)N3CCOCC3)C2)cc1. The number of morpholine rings is 1. The summed E-state index contributed by atoms with van der Waals surface area (Å²) in [6, 6.07) is 7.38. The van der Waals surface area contributed by atoms with Gasteiger partial charge >= 0.3 is 0 Å². The Morgan fingerprint density at radius 1 is 1.19 bits per heavy atom. The van der Waals surface area contributed by atoms with Gasteiger partial charge in [-0.15, -0.1) is 0 Å². The Morgan fingerprint density at radius 3 is 2.54 bits per heavy atom. The molecular formula is C18H26N2O5S.